The van der Waals surface area contributed by atoms with E-state index < -0.39 is 17.5 Å². The Morgan fingerprint density at radius 1 is 1.16 bits per heavy atom. The third-order valence-electron chi connectivity index (χ3n) is 2.35. The van der Waals surface area contributed by atoms with Gasteiger partial charge in [0.05, 0.1) is 11.3 Å². The minimum Gasteiger partial charge on any atom is -0.321 e. The largest absolute Gasteiger partial charge is 0.321 e. The summed E-state index contributed by atoms with van der Waals surface area (Å²) < 4.78 is 28.1. The Kier molecular flexibility index (Phi) is 4.51. The van der Waals surface area contributed by atoms with Crippen LogP contribution in [0.2, 0.25) is 0 Å². The highest BCUT2D eigenvalue weighted by atomic mass is 127. The summed E-state index contributed by atoms with van der Waals surface area (Å²) in [5, 5.41) is 2.55. The molecule has 98 valence electrons. The highest BCUT2D eigenvalue weighted by Gasteiger charge is 2.14. The number of anilines is 1. The summed E-state index contributed by atoms with van der Waals surface area (Å²) in [6, 6.07) is 8.07. The Morgan fingerprint density at radius 2 is 1.89 bits per heavy atom. The smallest absolute Gasteiger partial charge is 0.258 e. The fourth-order valence-corrected chi connectivity index (χ4v) is 2.29. The molecule has 2 aromatic rings. The second kappa shape index (κ2) is 5.96. The summed E-state index contributed by atoms with van der Waals surface area (Å²) in [4.78, 5) is 11.9. The number of rotatable bonds is 2. The van der Waals surface area contributed by atoms with Gasteiger partial charge in [-0.25, -0.2) is 8.78 Å². The Balaban J connectivity index is 2.30. The molecule has 0 fully saturated rings. The Bertz CT molecular complexity index is 649. The molecule has 0 aliphatic carbocycles. The molecule has 0 aliphatic heterocycles. The summed E-state index contributed by atoms with van der Waals surface area (Å²) >= 11 is 5.32. The number of nitrogens with one attached hydrogen (secondary N) is 1. The minimum absolute atomic E-state index is 0.323. The van der Waals surface area contributed by atoms with Gasteiger partial charge in [-0.3, -0.25) is 4.79 Å². The molecule has 6 heteroatoms. The number of benzene rings is 2. The van der Waals surface area contributed by atoms with Gasteiger partial charge in [-0.15, -0.1) is 0 Å². The molecule has 1 amide bonds. The molecule has 0 unspecified atom stereocenters. The lowest BCUT2D eigenvalue weighted by molar-refractivity contribution is 0.102. The maximum absolute atomic E-state index is 13.5. The summed E-state index contributed by atoms with van der Waals surface area (Å²) in [7, 11) is 0. The van der Waals surface area contributed by atoms with Gasteiger partial charge in [0.1, 0.15) is 11.6 Å². The Morgan fingerprint density at radius 3 is 2.63 bits per heavy atom. The third-order valence-corrected chi connectivity index (χ3v) is 3.78. The fourth-order valence-electron chi connectivity index (χ4n) is 1.45. The van der Waals surface area contributed by atoms with Crippen LogP contribution in [0.5, 0.6) is 0 Å². The minimum atomic E-state index is -0.760. The number of carbonyl (C=O) groups excluding carboxylic acids is 1. The van der Waals surface area contributed by atoms with Crippen LogP contribution >= 0.6 is 38.5 Å². The van der Waals surface area contributed by atoms with E-state index in [9.17, 15) is 13.6 Å². The standard InChI is InChI=1S/C13H7BrF2INO/c14-7-1-4-11(17)12(5-7)18-13(19)9-6-8(15)2-3-10(9)16/h1-6H,(H,18,19). The third kappa shape index (κ3) is 3.50. The van der Waals surface area contributed by atoms with E-state index in [0.29, 0.717) is 5.69 Å². The van der Waals surface area contributed by atoms with Crippen molar-refractivity contribution in [1.82, 2.24) is 0 Å². The first-order valence-corrected chi connectivity index (χ1v) is 7.06. The number of carbonyl (C=O) groups is 1. The highest BCUT2D eigenvalue weighted by molar-refractivity contribution is 14.1. The fraction of sp³-hybridized carbons (Fsp3) is 0. The van der Waals surface area contributed by atoms with E-state index in [-0.39, 0.29) is 5.56 Å². The van der Waals surface area contributed by atoms with E-state index in [1.807, 2.05) is 28.7 Å². The van der Waals surface area contributed by atoms with Gasteiger partial charge >= 0.3 is 0 Å². The van der Waals surface area contributed by atoms with Crippen molar-refractivity contribution in [2.75, 3.05) is 5.32 Å². The number of halogens is 4. The van der Waals surface area contributed by atoms with E-state index >= 15 is 0 Å². The average Bonchev–Trinajstić information content (AvgIpc) is 2.36. The number of hydrogen-bond donors (Lipinski definition) is 1. The molecule has 2 rings (SSSR count). The lowest BCUT2D eigenvalue weighted by Crippen LogP contribution is -2.14. The van der Waals surface area contributed by atoms with Crippen molar-refractivity contribution in [3.63, 3.8) is 0 Å². The first-order valence-electron chi connectivity index (χ1n) is 5.19. The van der Waals surface area contributed by atoms with E-state index in [1.165, 1.54) is 0 Å². The van der Waals surface area contributed by atoms with Gasteiger partial charge in [-0.1, -0.05) is 15.9 Å². The van der Waals surface area contributed by atoms with Crippen molar-refractivity contribution in [2.24, 2.45) is 0 Å². The molecule has 1 N–H and O–H groups in total. The zero-order valence-electron chi connectivity index (χ0n) is 9.38. The van der Waals surface area contributed by atoms with Gasteiger partial charge in [0.2, 0.25) is 0 Å². The van der Waals surface area contributed by atoms with Crippen molar-refractivity contribution in [2.45, 2.75) is 0 Å². The van der Waals surface area contributed by atoms with Gasteiger partial charge in [-0.05, 0) is 59.0 Å². The molecule has 2 aromatic carbocycles. The highest BCUT2D eigenvalue weighted by Crippen LogP contribution is 2.24. The average molecular weight is 438 g/mol. The quantitative estimate of drug-likeness (QED) is 0.684. The van der Waals surface area contributed by atoms with Gasteiger partial charge in [-0.2, -0.15) is 0 Å². The van der Waals surface area contributed by atoms with Crippen LogP contribution in [0.25, 0.3) is 0 Å². The lowest BCUT2D eigenvalue weighted by atomic mass is 10.2. The Hall–Kier alpha value is -1.02. The zero-order chi connectivity index (χ0) is 14.0. The number of hydrogen-bond acceptors (Lipinski definition) is 1. The molecular weight excluding hydrogens is 431 g/mol. The van der Waals surface area contributed by atoms with Crippen LogP contribution in [-0.2, 0) is 0 Å². The Labute approximate surface area is 130 Å². The van der Waals surface area contributed by atoms with Gasteiger partial charge in [0.25, 0.3) is 5.91 Å². The molecular formula is C13H7BrF2INO. The van der Waals surface area contributed by atoms with E-state index in [1.54, 1.807) is 12.1 Å². The van der Waals surface area contributed by atoms with Gasteiger partial charge < -0.3 is 5.32 Å². The second-order valence-corrected chi connectivity index (χ2v) is 5.78. The van der Waals surface area contributed by atoms with Gasteiger partial charge in [0, 0.05) is 8.04 Å². The maximum Gasteiger partial charge on any atom is 0.258 e. The zero-order valence-corrected chi connectivity index (χ0v) is 13.1. The van der Waals surface area contributed by atoms with Crippen LogP contribution in [0.1, 0.15) is 10.4 Å². The molecule has 0 atom stereocenters. The molecule has 19 heavy (non-hydrogen) atoms. The molecule has 0 aliphatic rings. The molecule has 2 nitrogen and oxygen atoms in total. The molecule has 0 spiro atoms. The topological polar surface area (TPSA) is 29.1 Å². The van der Waals surface area contributed by atoms with Crippen LogP contribution in [0.15, 0.2) is 40.9 Å². The lowest BCUT2D eigenvalue weighted by Gasteiger charge is -2.08. The summed E-state index contributed by atoms with van der Waals surface area (Å²) in [5.74, 6) is -2.10. The van der Waals surface area contributed by atoms with Crippen LogP contribution in [0.4, 0.5) is 14.5 Å². The van der Waals surface area contributed by atoms with Crippen LogP contribution in [-0.4, -0.2) is 5.91 Å². The van der Waals surface area contributed by atoms with Crippen LogP contribution < -0.4 is 5.32 Å². The summed E-state index contributed by atoms with van der Waals surface area (Å²) in [6.07, 6.45) is 0. The molecule has 0 saturated carbocycles. The second-order valence-electron chi connectivity index (χ2n) is 3.70. The maximum atomic E-state index is 13.5. The molecule has 0 heterocycles. The normalized spacial score (nSPS) is 10.3. The van der Waals surface area contributed by atoms with Crippen molar-refractivity contribution in [3.05, 3.63) is 61.6 Å². The predicted molar refractivity (Wildman–Crippen MR) is 81.2 cm³/mol. The SMILES string of the molecule is O=C(Nc1cc(Br)ccc1I)c1cc(F)ccc1F. The predicted octanol–water partition coefficient (Wildman–Crippen LogP) is 4.58. The molecule has 0 bridgehead atoms. The first-order chi connectivity index (χ1) is 8.97. The summed E-state index contributed by atoms with van der Waals surface area (Å²) in [5.41, 5.74) is 0.208. The van der Waals surface area contributed by atoms with E-state index in [0.717, 1.165) is 26.2 Å². The first kappa shape index (κ1) is 14.4. The number of amides is 1. The molecule has 0 saturated heterocycles. The van der Waals surface area contributed by atoms with E-state index in [4.69, 9.17) is 0 Å². The summed E-state index contributed by atoms with van der Waals surface area (Å²) in [6.45, 7) is 0. The molecule has 0 aromatic heterocycles. The van der Waals surface area contributed by atoms with Gasteiger partial charge in [0.15, 0.2) is 0 Å². The van der Waals surface area contributed by atoms with Crippen LogP contribution in [0, 0.1) is 15.2 Å². The van der Waals surface area contributed by atoms with E-state index in [2.05, 4.69) is 21.2 Å². The van der Waals surface area contributed by atoms with Crippen molar-refractivity contribution < 1.29 is 13.6 Å². The van der Waals surface area contributed by atoms with Crippen molar-refractivity contribution >= 4 is 50.1 Å². The van der Waals surface area contributed by atoms with Crippen molar-refractivity contribution in [1.29, 1.82) is 0 Å². The van der Waals surface area contributed by atoms with Crippen LogP contribution in [0.3, 0.4) is 0 Å². The monoisotopic (exact) mass is 437 g/mol. The molecule has 0 radical (unpaired) electrons. The van der Waals surface area contributed by atoms with Crippen molar-refractivity contribution in [3.8, 4) is 0 Å².